The summed E-state index contributed by atoms with van der Waals surface area (Å²) in [5.74, 6) is -0.776. The van der Waals surface area contributed by atoms with Crippen LogP contribution in [0.25, 0.3) is 0 Å². The van der Waals surface area contributed by atoms with Gasteiger partial charge in [-0.05, 0) is 13.0 Å². The fourth-order valence-electron chi connectivity index (χ4n) is 2.16. The highest BCUT2D eigenvalue weighted by atomic mass is 16.6. The standard InChI is InChI=1S/C17H16O5/c1-10-15(19)13(16(20)12-7-5-4-6-8-12)9-14(17(10)21-3)22-11(2)18/h4-9,19H,1-3H3. The van der Waals surface area contributed by atoms with Crippen LogP contribution in [-0.4, -0.2) is 24.0 Å². The summed E-state index contributed by atoms with van der Waals surface area (Å²) in [4.78, 5) is 23.7. The van der Waals surface area contributed by atoms with Gasteiger partial charge < -0.3 is 14.6 Å². The number of phenols is 1. The molecule has 0 aliphatic carbocycles. The molecule has 0 atom stereocenters. The minimum atomic E-state index is -0.540. The van der Waals surface area contributed by atoms with Crippen LogP contribution in [0.4, 0.5) is 0 Å². The first-order valence-corrected chi connectivity index (χ1v) is 6.64. The number of phenolic OH excluding ortho intramolecular Hbond substituents is 1. The molecule has 0 aromatic heterocycles. The van der Waals surface area contributed by atoms with Crippen molar-refractivity contribution in [1.29, 1.82) is 0 Å². The first-order valence-electron chi connectivity index (χ1n) is 6.64. The van der Waals surface area contributed by atoms with Crippen LogP contribution in [0.1, 0.15) is 28.4 Å². The van der Waals surface area contributed by atoms with Gasteiger partial charge in [-0.1, -0.05) is 30.3 Å². The highest BCUT2D eigenvalue weighted by Gasteiger charge is 2.22. The number of rotatable bonds is 4. The van der Waals surface area contributed by atoms with Gasteiger partial charge in [0.15, 0.2) is 17.3 Å². The number of carbonyl (C=O) groups excluding carboxylic acids is 2. The molecule has 0 fully saturated rings. The number of aromatic hydroxyl groups is 1. The molecule has 0 radical (unpaired) electrons. The predicted molar refractivity (Wildman–Crippen MR) is 80.6 cm³/mol. The molecule has 0 bridgehead atoms. The normalized spacial score (nSPS) is 10.1. The Morgan fingerprint density at radius 1 is 1.14 bits per heavy atom. The summed E-state index contributed by atoms with van der Waals surface area (Å²) in [5, 5.41) is 10.3. The zero-order chi connectivity index (χ0) is 16.3. The van der Waals surface area contributed by atoms with Gasteiger partial charge in [0.1, 0.15) is 5.75 Å². The molecule has 2 aromatic rings. The van der Waals surface area contributed by atoms with Crippen LogP contribution in [-0.2, 0) is 4.79 Å². The number of ketones is 1. The molecular formula is C17H16O5. The van der Waals surface area contributed by atoms with E-state index in [1.54, 1.807) is 37.3 Å². The number of ether oxygens (including phenoxy) is 2. The van der Waals surface area contributed by atoms with Gasteiger partial charge in [0.05, 0.1) is 12.7 Å². The van der Waals surface area contributed by atoms with Crippen molar-refractivity contribution in [2.24, 2.45) is 0 Å². The van der Waals surface area contributed by atoms with Crippen LogP contribution in [0.3, 0.4) is 0 Å². The number of benzene rings is 2. The number of hydrogen-bond acceptors (Lipinski definition) is 5. The Morgan fingerprint density at radius 3 is 2.32 bits per heavy atom. The zero-order valence-electron chi connectivity index (χ0n) is 12.5. The Balaban J connectivity index is 2.59. The van der Waals surface area contributed by atoms with E-state index in [1.807, 2.05) is 0 Å². The van der Waals surface area contributed by atoms with Gasteiger partial charge in [-0.25, -0.2) is 0 Å². The average Bonchev–Trinajstić information content (AvgIpc) is 2.51. The molecule has 0 saturated carbocycles. The van der Waals surface area contributed by atoms with E-state index < -0.39 is 5.97 Å². The van der Waals surface area contributed by atoms with Crippen LogP contribution in [0.2, 0.25) is 0 Å². The Hall–Kier alpha value is -2.82. The van der Waals surface area contributed by atoms with E-state index in [0.717, 1.165) is 0 Å². The van der Waals surface area contributed by atoms with Crippen molar-refractivity contribution < 1.29 is 24.2 Å². The Morgan fingerprint density at radius 2 is 1.77 bits per heavy atom. The lowest BCUT2D eigenvalue weighted by atomic mass is 9.99. The Kier molecular flexibility index (Phi) is 4.46. The largest absolute Gasteiger partial charge is 0.507 e. The molecule has 5 nitrogen and oxygen atoms in total. The molecular weight excluding hydrogens is 284 g/mol. The Labute approximate surface area is 128 Å². The van der Waals surface area contributed by atoms with Crippen LogP contribution >= 0.6 is 0 Å². The lowest BCUT2D eigenvalue weighted by Crippen LogP contribution is -2.08. The van der Waals surface area contributed by atoms with E-state index in [4.69, 9.17) is 9.47 Å². The number of esters is 1. The number of methoxy groups -OCH3 is 1. The minimum Gasteiger partial charge on any atom is -0.507 e. The third-order valence-corrected chi connectivity index (χ3v) is 3.19. The lowest BCUT2D eigenvalue weighted by Gasteiger charge is -2.15. The highest BCUT2D eigenvalue weighted by molar-refractivity contribution is 6.11. The molecule has 22 heavy (non-hydrogen) atoms. The minimum absolute atomic E-state index is 0.0563. The van der Waals surface area contributed by atoms with Gasteiger partial charge >= 0.3 is 5.97 Å². The van der Waals surface area contributed by atoms with E-state index in [2.05, 4.69) is 0 Å². The second kappa shape index (κ2) is 6.30. The molecule has 0 unspecified atom stereocenters. The summed E-state index contributed by atoms with van der Waals surface area (Å²) < 4.78 is 10.2. The average molecular weight is 300 g/mol. The first-order chi connectivity index (χ1) is 10.5. The highest BCUT2D eigenvalue weighted by Crippen LogP contribution is 2.40. The fourth-order valence-corrected chi connectivity index (χ4v) is 2.16. The summed E-state index contributed by atoms with van der Waals surface area (Å²) in [6.45, 7) is 2.84. The van der Waals surface area contributed by atoms with E-state index in [1.165, 1.54) is 20.1 Å². The van der Waals surface area contributed by atoms with Crippen LogP contribution in [0.5, 0.6) is 17.2 Å². The van der Waals surface area contributed by atoms with Gasteiger partial charge in [-0.15, -0.1) is 0 Å². The van der Waals surface area contributed by atoms with Crippen LogP contribution in [0.15, 0.2) is 36.4 Å². The molecule has 5 heteroatoms. The Bertz CT molecular complexity index is 720. The summed E-state index contributed by atoms with van der Waals surface area (Å²) >= 11 is 0. The summed E-state index contributed by atoms with van der Waals surface area (Å²) in [6, 6.07) is 9.86. The van der Waals surface area contributed by atoms with Crippen molar-refractivity contribution in [1.82, 2.24) is 0 Å². The molecule has 2 aromatic carbocycles. The van der Waals surface area contributed by atoms with Crippen molar-refractivity contribution in [3.8, 4) is 17.2 Å². The summed E-state index contributed by atoms with van der Waals surface area (Å²) in [5.41, 5.74) is 0.817. The predicted octanol–water partition coefficient (Wildman–Crippen LogP) is 2.87. The van der Waals surface area contributed by atoms with Crippen molar-refractivity contribution in [3.05, 3.63) is 53.1 Å². The third-order valence-electron chi connectivity index (χ3n) is 3.19. The maximum atomic E-state index is 12.5. The molecule has 0 aliphatic rings. The molecule has 0 aliphatic heterocycles. The van der Waals surface area contributed by atoms with E-state index in [9.17, 15) is 14.7 Å². The molecule has 2 rings (SSSR count). The summed E-state index contributed by atoms with van der Waals surface area (Å²) in [6.07, 6.45) is 0. The van der Waals surface area contributed by atoms with Crippen LogP contribution in [0, 0.1) is 6.92 Å². The second-order valence-electron chi connectivity index (χ2n) is 4.72. The number of carbonyl (C=O) groups is 2. The molecule has 1 N–H and O–H groups in total. The molecule has 114 valence electrons. The van der Waals surface area contributed by atoms with Crippen molar-refractivity contribution in [3.63, 3.8) is 0 Å². The monoisotopic (exact) mass is 300 g/mol. The van der Waals surface area contributed by atoms with E-state index >= 15 is 0 Å². The summed E-state index contributed by atoms with van der Waals surface area (Å²) in [7, 11) is 1.40. The molecule has 0 heterocycles. The molecule has 0 spiro atoms. The van der Waals surface area contributed by atoms with E-state index in [-0.39, 0.29) is 28.6 Å². The van der Waals surface area contributed by atoms with E-state index in [0.29, 0.717) is 11.1 Å². The van der Waals surface area contributed by atoms with Gasteiger partial charge in [0, 0.05) is 18.1 Å². The van der Waals surface area contributed by atoms with Gasteiger partial charge in [0.2, 0.25) is 0 Å². The van der Waals surface area contributed by atoms with Gasteiger partial charge in [-0.2, -0.15) is 0 Å². The quantitative estimate of drug-likeness (QED) is 0.534. The topological polar surface area (TPSA) is 72.8 Å². The maximum Gasteiger partial charge on any atom is 0.308 e. The van der Waals surface area contributed by atoms with Crippen molar-refractivity contribution in [2.45, 2.75) is 13.8 Å². The SMILES string of the molecule is COc1c(OC(C)=O)cc(C(=O)c2ccccc2)c(O)c1C. The number of hydrogen-bond donors (Lipinski definition) is 1. The van der Waals surface area contributed by atoms with Gasteiger partial charge in [0.25, 0.3) is 0 Å². The second-order valence-corrected chi connectivity index (χ2v) is 4.72. The zero-order valence-corrected chi connectivity index (χ0v) is 12.5. The van der Waals surface area contributed by atoms with Crippen molar-refractivity contribution in [2.75, 3.05) is 7.11 Å². The van der Waals surface area contributed by atoms with Crippen molar-refractivity contribution >= 4 is 11.8 Å². The van der Waals surface area contributed by atoms with Gasteiger partial charge in [-0.3, -0.25) is 9.59 Å². The molecule has 0 saturated heterocycles. The third kappa shape index (κ3) is 2.93. The van der Waals surface area contributed by atoms with Crippen LogP contribution < -0.4 is 9.47 Å². The molecule has 0 amide bonds. The fraction of sp³-hybridized carbons (Fsp3) is 0.176. The smallest absolute Gasteiger partial charge is 0.308 e. The maximum absolute atomic E-state index is 12.5. The first kappa shape index (κ1) is 15.6. The lowest BCUT2D eigenvalue weighted by molar-refractivity contribution is -0.132.